The third-order valence-electron chi connectivity index (χ3n) is 4.58. The average molecular weight is 393 g/mol. The highest BCUT2D eigenvalue weighted by molar-refractivity contribution is 6.36. The molecule has 0 saturated carbocycles. The van der Waals surface area contributed by atoms with Gasteiger partial charge in [0.1, 0.15) is 5.70 Å². The zero-order valence-corrected chi connectivity index (χ0v) is 16.5. The fraction of sp³-hybridized carbons (Fsp3) is 0.500. The van der Waals surface area contributed by atoms with Crippen molar-refractivity contribution in [3.63, 3.8) is 0 Å². The summed E-state index contributed by atoms with van der Waals surface area (Å²) < 4.78 is 10.9. The van der Waals surface area contributed by atoms with Crippen molar-refractivity contribution in [2.24, 2.45) is 0 Å². The van der Waals surface area contributed by atoms with Crippen LogP contribution in [0, 0.1) is 0 Å². The lowest BCUT2D eigenvalue weighted by Gasteiger charge is -2.29. The van der Waals surface area contributed by atoms with Crippen LogP contribution in [0.25, 0.3) is 5.57 Å². The molecule has 7 heteroatoms. The van der Waals surface area contributed by atoms with Crippen LogP contribution >= 0.6 is 11.6 Å². The number of morpholine rings is 1. The minimum Gasteiger partial charge on any atom is -0.379 e. The van der Waals surface area contributed by atoms with Gasteiger partial charge in [-0.15, -0.1) is 0 Å². The molecule has 0 N–H and O–H groups in total. The smallest absolute Gasteiger partial charge is 0.277 e. The second-order valence-corrected chi connectivity index (χ2v) is 7.30. The predicted octanol–water partition coefficient (Wildman–Crippen LogP) is 2.57. The van der Waals surface area contributed by atoms with Crippen LogP contribution in [0.5, 0.6) is 0 Å². The van der Waals surface area contributed by atoms with Crippen molar-refractivity contribution in [1.82, 2.24) is 9.80 Å². The van der Waals surface area contributed by atoms with E-state index in [-0.39, 0.29) is 17.9 Å². The molecule has 2 aliphatic heterocycles. The number of carbonyl (C=O) groups excluding carboxylic acids is 2. The van der Waals surface area contributed by atoms with Gasteiger partial charge in [0.2, 0.25) is 0 Å². The molecule has 1 fully saturated rings. The molecule has 1 saturated heterocycles. The van der Waals surface area contributed by atoms with Gasteiger partial charge in [0.15, 0.2) is 0 Å². The number of ether oxygens (including phenoxy) is 2. The van der Waals surface area contributed by atoms with E-state index in [1.807, 2.05) is 18.7 Å². The number of hydrogen-bond acceptors (Lipinski definition) is 5. The third kappa shape index (κ3) is 4.51. The van der Waals surface area contributed by atoms with Crippen LogP contribution in [0.15, 0.2) is 30.0 Å². The molecule has 0 bridgehead atoms. The van der Waals surface area contributed by atoms with E-state index in [0.29, 0.717) is 67.7 Å². The third-order valence-corrected chi connectivity index (χ3v) is 4.83. The highest BCUT2D eigenvalue weighted by atomic mass is 35.5. The molecule has 2 aliphatic rings. The van der Waals surface area contributed by atoms with Gasteiger partial charge < -0.3 is 14.4 Å². The molecular formula is C20H25ClN2O4. The molecule has 0 aliphatic carbocycles. The molecule has 0 atom stereocenters. The van der Waals surface area contributed by atoms with Crippen molar-refractivity contribution >= 4 is 29.0 Å². The molecule has 0 unspecified atom stereocenters. The highest BCUT2D eigenvalue weighted by Crippen LogP contribution is 2.32. The molecule has 27 heavy (non-hydrogen) atoms. The van der Waals surface area contributed by atoms with Crippen molar-refractivity contribution in [2.45, 2.75) is 26.4 Å². The van der Waals surface area contributed by atoms with Gasteiger partial charge in [-0.25, -0.2) is 0 Å². The van der Waals surface area contributed by atoms with Crippen LogP contribution < -0.4 is 0 Å². The van der Waals surface area contributed by atoms with Gasteiger partial charge in [-0.05, 0) is 38.0 Å². The monoisotopic (exact) mass is 392 g/mol. The molecule has 2 heterocycles. The first kappa shape index (κ1) is 19.9. The Labute approximate surface area is 164 Å². The molecule has 146 valence electrons. The van der Waals surface area contributed by atoms with E-state index in [1.54, 1.807) is 24.3 Å². The molecular weight excluding hydrogens is 368 g/mol. The van der Waals surface area contributed by atoms with Crippen LogP contribution in [0.1, 0.15) is 25.8 Å². The number of carbonyl (C=O) groups is 2. The summed E-state index contributed by atoms with van der Waals surface area (Å²) in [6, 6.07) is 7.04. The quantitative estimate of drug-likeness (QED) is 0.527. The fourth-order valence-corrected chi connectivity index (χ4v) is 3.39. The van der Waals surface area contributed by atoms with E-state index in [1.165, 1.54) is 4.90 Å². The van der Waals surface area contributed by atoms with E-state index in [4.69, 9.17) is 21.1 Å². The van der Waals surface area contributed by atoms with Gasteiger partial charge in [0.05, 0.1) is 24.9 Å². The lowest BCUT2D eigenvalue weighted by Crippen LogP contribution is -2.40. The van der Waals surface area contributed by atoms with Gasteiger partial charge in [-0.3, -0.25) is 14.5 Å². The maximum atomic E-state index is 13.1. The first-order valence-corrected chi connectivity index (χ1v) is 9.67. The molecule has 2 amide bonds. The second kappa shape index (κ2) is 8.87. The number of hydrogen-bond donors (Lipinski definition) is 0. The number of imide groups is 1. The number of nitrogens with zero attached hydrogens (tertiary/aromatic N) is 2. The van der Waals surface area contributed by atoms with E-state index >= 15 is 0 Å². The van der Waals surface area contributed by atoms with Crippen LogP contribution in [-0.4, -0.2) is 67.2 Å². The predicted molar refractivity (Wildman–Crippen MR) is 103 cm³/mol. The van der Waals surface area contributed by atoms with E-state index in [2.05, 4.69) is 0 Å². The normalized spacial score (nSPS) is 18.2. The van der Waals surface area contributed by atoms with Gasteiger partial charge in [-0.2, -0.15) is 0 Å². The summed E-state index contributed by atoms with van der Waals surface area (Å²) in [5.41, 5.74) is 1.62. The largest absolute Gasteiger partial charge is 0.379 e. The number of halogens is 1. The van der Waals surface area contributed by atoms with Crippen LogP contribution in [0.3, 0.4) is 0 Å². The fourth-order valence-electron chi connectivity index (χ4n) is 3.27. The van der Waals surface area contributed by atoms with E-state index < -0.39 is 0 Å². The lowest BCUT2D eigenvalue weighted by molar-refractivity contribution is -0.138. The van der Waals surface area contributed by atoms with Gasteiger partial charge >= 0.3 is 0 Å². The van der Waals surface area contributed by atoms with Crippen molar-refractivity contribution in [3.05, 3.63) is 40.5 Å². The number of benzene rings is 1. The summed E-state index contributed by atoms with van der Waals surface area (Å²) in [6.45, 7) is 7.05. The van der Waals surface area contributed by atoms with E-state index in [9.17, 15) is 9.59 Å². The maximum absolute atomic E-state index is 13.1. The first-order valence-electron chi connectivity index (χ1n) is 9.29. The Kier molecular flexibility index (Phi) is 6.52. The molecule has 6 nitrogen and oxygen atoms in total. The number of rotatable bonds is 7. The highest BCUT2D eigenvalue weighted by Gasteiger charge is 2.41. The lowest BCUT2D eigenvalue weighted by atomic mass is 10.0. The SMILES string of the molecule is CC(C)OCCCN1C(=O)C(c2ccc(Cl)cc2)=C(N2CCOCC2)C1=O. The van der Waals surface area contributed by atoms with Crippen molar-refractivity contribution in [2.75, 3.05) is 39.5 Å². The second-order valence-electron chi connectivity index (χ2n) is 6.86. The van der Waals surface area contributed by atoms with Crippen LogP contribution in [0.4, 0.5) is 0 Å². The summed E-state index contributed by atoms with van der Waals surface area (Å²) in [6.07, 6.45) is 0.738. The van der Waals surface area contributed by atoms with Crippen molar-refractivity contribution < 1.29 is 19.1 Å². The Morgan fingerprint density at radius 2 is 1.78 bits per heavy atom. The molecule has 0 spiro atoms. The standard InChI is InChI=1S/C20H25ClN2O4/c1-14(2)27-11-3-8-23-19(24)17(15-4-6-16(21)7-5-15)18(20(23)25)22-9-12-26-13-10-22/h4-7,14H,3,8-13H2,1-2H3. The Bertz CT molecular complexity index is 724. The maximum Gasteiger partial charge on any atom is 0.277 e. The molecule has 1 aromatic rings. The van der Waals surface area contributed by atoms with Gasteiger partial charge in [0, 0.05) is 31.3 Å². The Morgan fingerprint density at radius 3 is 2.41 bits per heavy atom. The van der Waals surface area contributed by atoms with Gasteiger partial charge in [-0.1, -0.05) is 23.7 Å². The molecule has 1 aromatic carbocycles. The van der Waals surface area contributed by atoms with Crippen molar-refractivity contribution in [3.8, 4) is 0 Å². The summed E-state index contributed by atoms with van der Waals surface area (Å²) in [5, 5.41) is 0.590. The summed E-state index contributed by atoms with van der Waals surface area (Å²) in [4.78, 5) is 29.5. The summed E-state index contributed by atoms with van der Waals surface area (Å²) in [5.74, 6) is -0.496. The first-order chi connectivity index (χ1) is 13.0. The van der Waals surface area contributed by atoms with Crippen molar-refractivity contribution in [1.29, 1.82) is 0 Å². The number of amides is 2. The van der Waals surface area contributed by atoms with Gasteiger partial charge in [0.25, 0.3) is 11.8 Å². The van der Waals surface area contributed by atoms with Crippen LogP contribution in [0.2, 0.25) is 5.02 Å². The zero-order valence-electron chi connectivity index (χ0n) is 15.7. The Morgan fingerprint density at radius 1 is 1.11 bits per heavy atom. The van der Waals surface area contributed by atoms with E-state index in [0.717, 1.165) is 0 Å². The van der Waals surface area contributed by atoms with Crippen LogP contribution in [-0.2, 0) is 19.1 Å². The topological polar surface area (TPSA) is 59.1 Å². The molecule has 0 radical (unpaired) electrons. The minimum absolute atomic E-state index is 0.127. The summed E-state index contributed by atoms with van der Waals surface area (Å²) >= 11 is 5.99. The summed E-state index contributed by atoms with van der Waals surface area (Å²) in [7, 11) is 0. The Balaban J connectivity index is 1.86. The zero-order chi connectivity index (χ0) is 19.4. The average Bonchev–Trinajstić information content (AvgIpc) is 2.90. The Hall–Kier alpha value is -1.89. The molecule has 3 rings (SSSR count). The molecule has 0 aromatic heterocycles. The minimum atomic E-state index is -0.256.